The van der Waals surface area contributed by atoms with Gasteiger partial charge in [0.2, 0.25) is 0 Å². The Labute approximate surface area is 478 Å². The highest BCUT2D eigenvalue weighted by atomic mass is 31.2. The van der Waals surface area contributed by atoms with E-state index in [1.165, 1.54) is 238 Å². The van der Waals surface area contributed by atoms with E-state index in [1.54, 1.807) is 0 Å². The molecule has 0 aromatic rings. The lowest BCUT2D eigenvalue weighted by atomic mass is 10.0. The fraction of sp³-hybridized carbons (Fsp3) is 0.881. The van der Waals surface area contributed by atoms with Gasteiger partial charge in [0, 0.05) is 12.8 Å². The van der Waals surface area contributed by atoms with Gasteiger partial charge < -0.3 is 27.9 Å². The SMILES string of the molecule is CCCCCCC/C=C\C/C=C\CCCCCCCCCCCCCCCCCCCCCCCCCCCC(=O)OC(COC(=O)CCCCCCC/C=C\CCCCCCCCC)COP(=O)([O-])OCC[N+](C)(C)C. The lowest BCUT2D eigenvalue weighted by molar-refractivity contribution is -0.870. The van der Waals surface area contributed by atoms with Gasteiger partial charge in [-0.2, -0.15) is 0 Å². The highest BCUT2D eigenvalue weighted by Gasteiger charge is 2.22. The van der Waals surface area contributed by atoms with Crippen LogP contribution in [0.4, 0.5) is 0 Å². The van der Waals surface area contributed by atoms with E-state index in [0.717, 1.165) is 57.8 Å². The Hall–Kier alpha value is -1.77. The van der Waals surface area contributed by atoms with E-state index in [-0.39, 0.29) is 32.0 Å². The second kappa shape index (κ2) is 58.9. The predicted octanol–water partition coefficient (Wildman–Crippen LogP) is 20.5. The highest BCUT2D eigenvalue weighted by molar-refractivity contribution is 7.45. The molecule has 0 aliphatic heterocycles. The van der Waals surface area contributed by atoms with Gasteiger partial charge in [0.25, 0.3) is 7.82 Å². The zero-order chi connectivity index (χ0) is 56.3. The van der Waals surface area contributed by atoms with Crippen molar-refractivity contribution in [3.63, 3.8) is 0 Å². The number of allylic oxidation sites excluding steroid dienone is 6. The first-order valence-electron chi connectivity index (χ1n) is 33.2. The van der Waals surface area contributed by atoms with E-state index in [2.05, 4.69) is 50.3 Å². The number of carbonyl (C=O) groups excluding carboxylic acids is 2. The summed E-state index contributed by atoms with van der Waals surface area (Å²) in [5, 5.41) is 0. The molecule has 0 saturated carbocycles. The van der Waals surface area contributed by atoms with E-state index in [1.807, 2.05) is 21.1 Å². The largest absolute Gasteiger partial charge is 0.756 e. The Kier molecular flexibility index (Phi) is 57.5. The number of unbranched alkanes of at least 4 members (excludes halogenated alkanes) is 42. The summed E-state index contributed by atoms with van der Waals surface area (Å²) in [4.78, 5) is 37.9. The van der Waals surface area contributed by atoms with Crippen LogP contribution in [0.3, 0.4) is 0 Å². The monoisotopic (exact) mass is 1110 g/mol. The highest BCUT2D eigenvalue weighted by Crippen LogP contribution is 2.38. The third-order valence-corrected chi connectivity index (χ3v) is 15.8. The topological polar surface area (TPSA) is 111 Å². The molecular formula is C67H128NO8P. The molecule has 0 amide bonds. The maximum atomic E-state index is 12.8. The second-order valence-corrected chi connectivity index (χ2v) is 25.2. The van der Waals surface area contributed by atoms with E-state index in [4.69, 9.17) is 18.5 Å². The Morgan fingerprint density at radius 3 is 1.04 bits per heavy atom. The minimum atomic E-state index is -4.64. The van der Waals surface area contributed by atoms with Gasteiger partial charge in [-0.25, -0.2) is 0 Å². The molecule has 0 rings (SSSR count). The molecule has 2 atom stereocenters. The zero-order valence-electron chi connectivity index (χ0n) is 51.7. The average molecular weight is 1110 g/mol. The van der Waals surface area contributed by atoms with Crippen molar-refractivity contribution in [1.82, 2.24) is 0 Å². The van der Waals surface area contributed by atoms with Crippen LogP contribution in [-0.4, -0.2) is 70.0 Å². The maximum absolute atomic E-state index is 12.8. The van der Waals surface area contributed by atoms with Crippen molar-refractivity contribution >= 4 is 19.8 Å². The van der Waals surface area contributed by atoms with Crippen molar-refractivity contribution in [1.29, 1.82) is 0 Å². The van der Waals surface area contributed by atoms with Crippen molar-refractivity contribution in [2.24, 2.45) is 0 Å². The third kappa shape index (κ3) is 63.3. The number of quaternary nitrogens is 1. The molecular weight excluding hydrogens is 978 g/mol. The number of hydrogen-bond donors (Lipinski definition) is 0. The molecule has 0 radical (unpaired) electrons. The minimum Gasteiger partial charge on any atom is -0.756 e. The summed E-state index contributed by atoms with van der Waals surface area (Å²) in [6.45, 7) is 4.26. The van der Waals surface area contributed by atoms with E-state index in [0.29, 0.717) is 17.4 Å². The fourth-order valence-corrected chi connectivity index (χ4v) is 10.5. The Bertz CT molecular complexity index is 1390. The van der Waals surface area contributed by atoms with Crippen molar-refractivity contribution in [3.05, 3.63) is 36.5 Å². The summed E-state index contributed by atoms with van der Waals surface area (Å²) < 4.78 is 34.2. The van der Waals surface area contributed by atoms with Gasteiger partial charge in [0.1, 0.15) is 19.8 Å². The first-order chi connectivity index (χ1) is 37.5. The summed E-state index contributed by atoms with van der Waals surface area (Å²) >= 11 is 0. The van der Waals surface area contributed by atoms with Gasteiger partial charge in [-0.05, 0) is 70.6 Å². The molecule has 0 heterocycles. The van der Waals surface area contributed by atoms with Gasteiger partial charge >= 0.3 is 11.9 Å². The van der Waals surface area contributed by atoms with Gasteiger partial charge in [0.15, 0.2) is 6.10 Å². The molecule has 454 valence electrons. The molecule has 0 saturated heterocycles. The predicted molar refractivity (Wildman–Crippen MR) is 328 cm³/mol. The van der Waals surface area contributed by atoms with Crippen LogP contribution in [0.25, 0.3) is 0 Å². The molecule has 0 aliphatic carbocycles. The summed E-state index contributed by atoms with van der Waals surface area (Å²) in [7, 11) is 1.18. The fourth-order valence-electron chi connectivity index (χ4n) is 9.74. The van der Waals surface area contributed by atoms with Crippen LogP contribution in [0.5, 0.6) is 0 Å². The lowest BCUT2D eigenvalue weighted by Gasteiger charge is -2.28. The van der Waals surface area contributed by atoms with Crippen LogP contribution in [0.15, 0.2) is 36.5 Å². The molecule has 2 unspecified atom stereocenters. The van der Waals surface area contributed by atoms with Gasteiger partial charge in [-0.1, -0.05) is 281 Å². The van der Waals surface area contributed by atoms with Gasteiger partial charge in [-0.3, -0.25) is 14.2 Å². The number of phosphoric ester groups is 1. The second-order valence-electron chi connectivity index (χ2n) is 23.8. The number of rotatable bonds is 62. The smallest absolute Gasteiger partial charge is 0.306 e. The maximum Gasteiger partial charge on any atom is 0.306 e. The van der Waals surface area contributed by atoms with Crippen LogP contribution in [-0.2, 0) is 32.7 Å². The Morgan fingerprint density at radius 2 is 0.701 bits per heavy atom. The van der Waals surface area contributed by atoms with Crippen molar-refractivity contribution in [3.8, 4) is 0 Å². The standard InChI is InChI=1S/C67H128NO8P/c1-6-8-10-12-14-16-18-20-22-24-25-26-27-28-29-30-31-32-33-34-35-36-37-38-39-40-41-42-43-44-46-48-50-52-54-56-58-60-67(70)76-65(64-75-77(71,72)74-62-61-68(3,4)5)63-73-66(69)59-57-55-53-51-49-47-45-23-21-19-17-15-13-11-9-7-2/h18,20,23-25,45,65H,6-17,19,21-22,26-44,46-64H2,1-5H3/b20-18-,25-24-,45-23-. The Balaban J connectivity index is 3.92. The minimum absolute atomic E-state index is 0.0297. The van der Waals surface area contributed by atoms with E-state index in [9.17, 15) is 19.0 Å². The van der Waals surface area contributed by atoms with E-state index >= 15 is 0 Å². The summed E-state index contributed by atoms with van der Waals surface area (Å²) in [6.07, 6.45) is 73.8. The molecule has 0 aromatic heterocycles. The molecule has 0 aromatic carbocycles. The molecule has 77 heavy (non-hydrogen) atoms. The van der Waals surface area contributed by atoms with Crippen LogP contribution in [0.2, 0.25) is 0 Å². The number of likely N-dealkylation sites (N-methyl/N-ethyl adjacent to an activating group) is 1. The number of ether oxygens (including phenoxy) is 2. The molecule has 0 spiro atoms. The normalized spacial score (nSPS) is 13.4. The molecule has 0 fully saturated rings. The van der Waals surface area contributed by atoms with Crippen LogP contribution in [0, 0.1) is 0 Å². The molecule has 10 heteroatoms. The van der Waals surface area contributed by atoms with Gasteiger partial charge in [0.05, 0.1) is 27.7 Å². The lowest BCUT2D eigenvalue weighted by Crippen LogP contribution is -2.37. The zero-order valence-corrected chi connectivity index (χ0v) is 52.6. The third-order valence-electron chi connectivity index (χ3n) is 14.9. The number of carbonyl (C=O) groups is 2. The quantitative estimate of drug-likeness (QED) is 0.0195. The number of hydrogen-bond acceptors (Lipinski definition) is 8. The Morgan fingerprint density at radius 1 is 0.403 bits per heavy atom. The summed E-state index contributed by atoms with van der Waals surface area (Å²) in [6, 6.07) is 0. The summed E-state index contributed by atoms with van der Waals surface area (Å²) in [5.74, 6) is -0.827. The number of nitrogens with zero attached hydrogens (tertiary/aromatic N) is 1. The van der Waals surface area contributed by atoms with Crippen molar-refractivity contribution in [2.75, 3.05) is 47.5 Å². The molecule has 0 N–H and O–H groups in total. The van der Waals surface area contributed by atoms with Crippen molar-refractivity contribution < 1.29 is 42.1 Å². The molecule has 0 aliphatic rings. The van der Waals surface area contributed by atoms with E-state index < -0.39 is 26.5 Å². The van der Waals surface area contributed by atoms with Crippen molar-refractivity contribution in [2.45, 2.75) is 335 Å². The number of esters is 2. The van der Waals surface area contributed by atoms with Crippen LogP contribution >= 0.6 is 7.82 Å². The van der Waals surface area contributed by atoms with Gasteiger partial charge in [-0.15, -0.1) is 0 Å². The van der Waals surface area contributed by atoms with Crippen LogP contribution in [0.1, 0.15) is 328 Å². The summed E-state index contributed by atoms with van der Waals surface area (Å²) in [5.41, 5.74) is 0. The average Bonchev–Trinajstić information content (AvgIpc) is 3.39. The van der Waals surface area contributed by atoms with Crippen LogP contribution < -0.4 is 4.89 Å². The first kappa shape index (κ1) is 75.2. The molecule has 0 bridgehead atoms. The first-order valence-corrected chi connectivity index (χ1v) is 34.7. The molecule has 9 nitrogen and oxygen atoms in total. The number of phosphoric acid groups is 1.